The summed E-state index contributed by atoms with van der Waals surface area (Å²) >= 11 is 0. The van der Waals surface area contributed by atoms with Crippen LogP contribution in [0.25, 0.3) is 0 Å². The van der Waals surface area contributed by atoms with E-state index >= 15 is 0 Å². The number of aryl methyl sites for hydroxylation is 1. The van der Waals surface area contributed by atoms with Gasteiger partial charge in [0.15, 0.2) is 0 Å². The summed E-state index contributed by atoms with van der Waals surface area (Å²) in [5.41, 5.74) is 2.47. The maximum atomic E-state index is 4.81. The fourth-order valence-corrected chi connectivity index (χ4v) is 2.57. The minimum Gasteiger partial charge on any atom is -0.373 e. The third-order valence-corrected chi connectivity index (χ3v) is 3.93. The van der Waals surface area contributed by atoms with Gasteiger partial charge in [0, 0.05) is 31.3 Å². The summed E-state index contributed by atoms with van der Waals surface area (Å²) < 4.78 is 0. The molecule has 1 aliphatic rings. The second-order valence-electron chi connectivity index (χ2n) is 5.52. The van der Waals surface area contributed by atoms with E-state index < -0.39 is 0 Å². The first kappa shape index (κ1) is 13.9. The van der Waals surface area contributed by atoms with Crippen LogP contribution in [0.2, 0.25) is 0 Å². The first-order chi connectivity index (χ1) is 10.2. The fraction of sp³-hybridized carbons (Fsp3) is 0.412. The van der Waals surface area contributed by atoms with Crippen molar-refractivity contribution < 1.29 is 0 Å². The highest BCUT2D eigenvalue weighted by Crippen LogP contribution is 2.39. The molecule has 0 spiro atoms. The zero-order valence-corrected chi connectivity index (χ0v) is 12.9. The Balaban J connectivity index is 2.04. The van der Waals surface area contributed by atoms with Crippen LogP contribution in [0.3, 0.4) is 0 Å². The first-order valence-electron chi connectivity index (χ1n) is 7.62. The number of aromatic nitrogens is 2. The number of hydrogen-bond acceptors (Lipinski definition) is 4. The quantitative estimate of drug-likeness (QED) is 0.904. The number of nitrogens with one attached hydrogen (secondary N) is 1. The van der Waals surface area contributed by atoms with Crippen LogP contribution in [0.1, 0.15) is 37.1 Å². The SMILES string of the molecule is CCN(c1cc(NC)nc(C2CC2)n1)c1ccccc1C. The zero-order valence-electron chi connectivity index (χ0n) is 12.9. The molecule has 21 heavy (non-hydrogen) atoms. The van der Waals surface area contributed by atoms with Crippen LogP contribution in [0.15, 0.2) is 30.3 Å². The molecule has 1 N–H and O–H groups in total. The molecule has 4 nitrogen and oxygen atoms in total. The van der Waals surface area contributed by atoms with Gasteiger partial charge >= 0.3 is 0 Å². The van der Waals surface area contributed by atoms with Gasteiger partial charge in [-0.25, -0.2) is 9.97 Å². The Morgan fingerprint density at radius 3 is 2.62 bits per heavy atom. The van der Waals surface area contributed by atoms with Gasteiger partial charge in [0.1, 0.15) is 17.5 Å². The molecule has 4 heteroatoms. The molecule has 2 aromatic rings. The van der Waals surface area contributed by atoms with Gasteiger partial charge in [0.25, 0.3) is 0 Å². The van der Waals surface area contributed by atoms with E-state index in [-0.39, 0.29) is 0 Å². The number of hydrogen-bond donors (Lipinski definition) is 1. The largest absolute Gasteiger partial charge is 0.373 e. The van der Waals surface area contributed by atoms with Crippen LogP contribution in [0, 0.1) is 6.92 Å². The summed E-state index contributed by atoms with van der Waals surface area (Å²) in [6, 6.07) is 10.5. The van der Waals surface area contributed by atoms with Crippen molar-refractivity contribution >= 4 is 17.3 Å². The normalized spacial score (nSPS) is 14.0. The monoisotopic (exact) mass is 282 g/mol. The van der Waals surface area contributed by atoms with Crippen LogP contribution in [0.5, 0.6) is 0 Å². The zero-order chi connectivity index (χ0) is 14.8. The Bertz CT molecular complexity index is 634. The minimum atomic E-state index is 0.549. The maximum Gasteiger partial charge on any atom is 0.138 e. The standard InChI is InChI=1S/C17H22N4/c1-4-21(14-8-6-5-7-12(14)2)16-11-15(18-3)19-17(20-16)13-9-10-13/h5-8,11,13H,4,9-10H2,1-3H3,(H,18,19,20). The summed E-state index contributed by atoms with van der Waals surface area (Å²) in [6.07, 6.45) is 2.42. The topological polar surface area (TPSA) is 41.0 Å². The van der Waals surface area contributed by atoms with Crippen molar-refractivity contribution in [1.82, 2.24) is 9.97 Å². The Labute approximate surface area is 126 Å². The van der Waals surface area contributed by atoms with Crippen molar-refractivity contribution in [2.24, 2.45) is 0 Å². The van der Waals surface area contributed by atoms with E-state index in [1.807, 2.05) is 13.1 Å². The number of rotatable bonds is 5. The number of para-hydroxylation sites is 1. The van der Waals surface area contributed by atoms with E-state index in [0.29, 0.717) is 5.92 Å². The van der Waals surface area contributed by atoms with Crippen LogP contribution in [-0.4, -0.2) is 23.6 Å². The predicted octanol–water partition coefficient (Wildman–Crippen LogP) is 3.86. The molecule has 1 heterocycles. The lowest BCUT2D eigenvalue weighted by Crippen LogP contribution is -2.19. The molecule has 1 aliphatic carbocycles. The van der Waals surface area contributed by atoms with Crippen LogP contribution < -0.4 is 10.2 Å². The molecule has 0 atom stereocenters. The summed E-state index contributed by atoms with van der Waals surface area (Å²) in [5.74, 6) is 3.40. The van der Waals surface area contributed by atoms with Gasteiger partial charge < -0.3 is 10.2 Å². The van der Waals surface area contributed by atoms with Crippen molar-refractivity contribution in [3.8, 4) is 0 Å². The van der Waals surface area contributed by atoms with Crippen molar-refractivity contribution in [2.75, 3.05) is 23.8 Å². The summed E-state index contributed by atoms with van der Waals surface area (Å²) in [6.45, 7) is 5.18. The molecule has 3 rings (SSSR count). The molecule has 0 radical (unpaired) electrons. The lowest BCUT2D eigenvalue weighted by atomic mass is 10.2. The fourth-order valence-electron chi connectivity index (χ4n) is 2.57. The summed E-state index contributed by atoms with van der Waals surface area (Å²) in [7, 11) is 1.91. The average molecular weight is 282 g/mol. The summed E-state index contributed by atoms with van der Waals surface area (Å²) in [5, 5.41) is 3.16. The Hall–Kier alpha value is -2.10. The second kappa shape index (κ2) is 5.72. The number of nitrogens with zero attached hydrogens (tertiary/aromatic N) is 3. The second-order valence-corrected chi connectivity index (χ2v) is 5.52. The lowest BCUT2D eigenvalue weighted by Gasteiger charge is -2.24. The van der Waals surface area contributed by atoms with Crippen LogP contribution >= 0.6 is 0 Å². The molecular weight excluding hydrogens is 260 g/mol. The Morgan fingerprint density at radius 2 is 2.00 bits per heavy atom. The van der Waals surface area contributed by atoms with Crippen LogP contribution in [0.4, 0.5) is 17.3 Å². The highest BCUT2D eigenvalue weighted by molar-refractivity contribution is 5.65. The lowest BCUT2D eigenvalue weighted by molar-refractivity contribution is 0.894. The molecule has 1 aromatic carbocycles. The average Bonchev–Trinajstić information content (AvgIpc) is 3.34. The van der Waals surface area contributed by atoms with Gasteiger partial charge in [-0.3, -0.25) is 0 Å². The molecule has 1 saturated carbocycles. The van der Waals surface area contributed by atoms with Crippen LogP contribution in [-0.2, 0) is 0 Å². The molecular formula is C17H22N4. The van der Waals surface area contributed by atoms with Crippen molar-refractivity contribution in [3.05, 3.63) is 41.7 Å². The van der Waals surface area contributed by atoms with Gasteiger partial charge in [-0.1, -0.05) is 18.2 Å². The van der Waals surface area contributed by atoms with E-state index in [0.717, 1.165) is 24.0 Å². The first-order valence-corrected chi connectivity index (χ1v) is 7.62. The molecule has 0 bridgehead atoms. The van der Waals surface area contributed by atoms with E-state index in [1.165, 1.54) is 24.1 Å². The van der Waals surface area contributed by atoms with E-state index in [4.69, 9.17) is 4.98 Å². The molecule has 1 fully saturated rings. The van der Waals surface area contributed by atoms with Gasteiger partial charge in [0.05, 0.1) is 0 Å². The summed E-state index contributed by atoms with van der Waals surface area (Å²) in [4.78, 5) is 11.7. The van der Waals surface area contributed by atoms with Gasteiger partial charge in [-0.15, -0.1) is 0 Å². The van der Waals surface area contributed by atoms with Gasteiger partial charge in [-0.05, 0) is 38.3 Å². The van der Waals surface area contributed by atoms with Crippen molar-refractivity contribution in [1.29, 1.82) is 0 Å². The Kier molecular flexibility index (Phi) is 3.78. The van der Waals surface area contributed by atoms with E-state index in [2.05, 4.69) is 53.3 Å². The highest BCUT2D eigenvalue weighted by atomic mass is 15.2. The molecule has 0 amide bonds. The predicted molar refractivity (Wildman–Crippen MR) is 87.4 cm³/mol. The smallest absolute Gasteiger partial charge is 0.138 e. The molecule has 110 valence electrons. The number of benzene rings is 1. The third kappa shape index (κ3) is 2.84. The van der Waals surface area contributed by atoms with E-state index in [9.17, 15) is 0 Å². The van der Waals surface area contributed by atoms with Gasteiger partial charge in [0.2, 0.25) is 0 Å². The minimum absolute atomic E-state index is 0.549. The van der Waals surface area contributed by atoms with Gasteiger partial charge in [-0.2, -0.15) is 0 Å². The molecule has 0 unspecified atom stereocenters. The van der Waals surface area contributed by atoms with E-state index in [1.54, 1.807) is 0 Å². The van der Waals surface area contributed by atoms with Crippen molar-refractivity contribution in [2.45, 2.75) is 32.6 Å². The molecule has 1 aromatic heterocycles. The van der Waals surface area contributed by atoms with Crippen molar-refractivity contribution in [3.63, 3.8) is 0 Å². The molecule has 0 saturated heterocycles. The molecule has 0 aliphatic heterocycles. The third-order valence-electron chi connectivity index (χ3n) is 3.93. The highest BCUT2D eigenvalue weighted by Gasteiger charge is 2.28. The Morgan fingerprint density at radius 1 is 1.24 bits per heavy atom. The number of anilines is 3. The maximum absolute atomic E-state index is 4.81.